The van der Waals surface area contributed by atoms with Crippen LogP contribution in [0, 0.1) is 11.3 Å². The number of nitrogens with one attached hydrogen (secondary N) is 1. The first-order valence-corrected chi connectivity index (χ1v) is 13.9. The van der Waals surface area contributed by atoms with Crippen LogP contribution >= 0.6 is 0 Å². The molecular weight excluding hydrogens is 484 g/mol. The molecule has 3 aromatic rings. The smallest absolute Gasteiger partial charge is 0.244 e. The third-order valence-electron chi connectivity index (χ3n) is 8.96. The van der Waals surface area contributed by atoms with Crippen LogP contribution in [0.5, 0.6) is 0 Å². The predicted molar refractivity (Wildman–Crippen MR) is 142 cm³/mol. The molecular formula is C31H35F2N3O2. The predicted octanol–water partition coefficient (Wildman–Crippen LogP) is 7.05. The van der Waals surface area contributed by atoms with E-state index in [1.165, 1.54) is 44.2 Å². The van der Waals surface area contributed by atoms with Crippen LogP contribution in [-0.2, 0) is 31.1 Å². The average molecular weight is 520 g/mol. The van der Waals surface area contributed by atoms with Crippen molar-refractivity contribution in [3.05, 3.63) is 65.1 Å². The molecule has 1 spiro atoms. The summed E-state index contributed by atoms with van der Waals surface area (Å²) >= 11 is 0. The average Bonchev–Trinajstić information content (AvgIpc) is 3.22. The molecule has 1 atom stereocenters. The fourth-order valence-corrected chi connectivity index (χ4v) is 6.76. The molecule has 0 unspecified atom stereocenters. The summed E-state index contributed by atoms with van der Waals surface area (Å²) in [5.74, 6) is 1.17. The third kappa shape index (κ3) is 4.89. The molecule has 2 saturated carbocycles. The number of carbonyl (C=O) groups is 1. The molecule has 38 heavy (non-hydrogen) atoms. The summed E-state index contributed by atoms with van der Waals surface area (Å²) in [5.41, 5.74) is 8.06. The fraction of sp³-hybridized carbons (Fsp3) is 0.484. The molecule has 2 fully saturated rings. The van der Waals surface area contributed by atoms with Crippen LogP contribution in [-0.4, -0.2) is 20.7 Å². The number of rotatable bonds is 9. The molecule has 6 rings (SSSR count). The maximum absolute atomic E-state index is 13.3. The Morgan fingerprint density at radius 3 is 2.29 bits per heavy atom. The minimum atomic E-state index is -0.624. The number of benzene rings is 2. The zero-order valence-corrected chi connectivity index (χ0v) is 21.7. The van der Waals surface area contributed by atoms with Gasteiger partial charge in [0.15, 0.2) is 0 Å². The van der Waals surface area contributed by atoms with Crippen molar-refractivity contribution < 1.29 is 18.8 Å². The van der Waals surface area contributed by atoms with E-state index in [1.54, 1.807) is 18.2 Å². The molecule has 1 amide bonds. The second kappa shape index (κ2) is 10.3. The summed E-state index contributed by atoms with van der Waals surface area (Å²) in [4.78, 5) is 17.5. The van der Waals surface area contributed by atoms with E-state index in [0.717, 1.165) is 47.6 Å². The van der Waals surface area contributed by atoms with Gasteiger partial charge in [-0.3, -0.25) is 10.0 Å². The Hall–Kier alpha value is -3.06. The van der Waals surface area contributed by atoms with Gasteiger partial charge in [-0.15, -0.1) is 0 Å². The molecule has 2 heterocycles. The number of imidazole rings is 1. The van der Waals surface area contributed by atoms with Crippen molar-refractivity contribution in [2.45, 2.75) is 83.6 Å². The zero-order valence-electron chi connectivity index (χ0n) is 21.7. The monoisotopic (exact) mass is 519 g/mol. The third-order valence-corrected chi connectivity index (χ3v) is 8.96. The second-order valence-corrected chi connectivity index (χ2v) is 11.7. The number of alkyl halides is 2. The first-order valence-electron chi connectivity index (χ1n) is 13.9. The number of hydrogen-bond donors (Lipinski definition) is 2. The van der Waals surface area contributed by atoms with E-state index in [-0.39, 0.29) is 18.2 Å². The van der Waals surface area contributed by atoms with Crippen LogP contribution in [0.2, 0.25) is 0 Å². The highest BCUT2D eigenvalue weighted by Gasteiger charge is 2.50. The number of carbonyl (C=O) groups excluding carboxylic acids is 1. The number of aromatic nitrogens is 2. The minimum Gasteiger partial charge on any atom is -0.331 e. The molecule has 0 radical (unpaired) electrons. The van der Waals surface area contributed by atoms with Crippen molar-refractivity contribution in [3.63, 3.8) is 0 Å². The Morgan fingerprint density at radius 1 is 1.03 bits per heavy atom. The van der Waals surface area contributed by atoms with Gasteiger partial charge in [0.25, 0.3) is 0 Å². The van der Waals surface area contributed by atoms with Crippen LogP contribution in [0.3, 0.4) is 0 Å². The van der Waals surface area contributed by atoms with Crippen LogP contribution in [0.15, 0.2) is 42.5 Å². The Bertz CT molecular complexity index is 1300. The molecule has 1 aliphatic heterocycles. The molecule has 1 aromatic heterocycles. The zero-order chi connectivity index (χ0) is 26.3. The fourth-order valence-electron chi connectivity index (χ4n) is 6.76. The van der Waals surface area contributed by atoms with Crippen molar-refractivity contribution in [2.75, 3.05) is 0 Å². The van der Waals surface area contributed by atoms with Gasteiger partial charge in [-0.2, -0.15) is 0 Å². The number of nitrogens with zero attached hydrogens (tertiary/aromatic N) is 2. The SMILES string of the molecule is O=C(C[C@@H](CC1CCCC1)c1nc(-c2ccc(-c3cc(CF)cc(CF)c3)cc2)c2n1CC1(CC1)C2)NO. The number of fused-ring (bicyclic) bond motifs is 1. The molecule has 2 aromatic carbocycles. The number of halogens is 2. The summed E-state index contributed by atoms with van der Waals surface area (Å²) in [6, 6.07) is 13.2. The highest BCUT2D eigenvalue weighted by molar-refractivity contribution is 5.76. The largest absolute Gasteiger partial charge is 0.331 e. The van der Waals surface area contributed by atoms with Crippen LogP contribution in [0.1, 0.15) is 79.9 Å². The quantitative estimate of drug-likeness (QED) is 0.235. The van der Waals surface area contributed by atoms with Crippen molar-refractivity contribution >= 4 is 5.91 Å². The molecule has 3 aliphatic rings. The maximum Gasteiger partial charge on any atom is 0.244 e. The maximum atomic E-state index is 13.3. The lowest BCUT2D eigenvalue weighted by Gasteiger charge is -2.20. The van der Waals surface area contributed by atoms with Crippen molar-refractivity contribution in [1.29, 1.82) is 0 Å². The number of hydrogen-bond acceptors (Lipinski definition) is 3. The lowest BCUT2D eigenvalue weighted by molar-refractivity contribution is -0.129. The summed E-state index contributed by atoms with van der Waals surface area (Å²) in [6.07, 6.45) is 9.45. The van der Waals surface area contributed by atoms with Crippen LogP contribution < -0.4 is 5.48 Å². The van der Waals surface area contributed by atoms with Gasteiger partial charge in [-0.25, -0.2) is 19.2 Å². The van der Waals surface area contributed by atoms with E-state index in [4.69, 9.17) is 4.98 Å². The van der Waals surface area contributed by atoms with E-state index >= 15 is 0 Å². The summed E-state index contributed by atoms with van der Waals surface area (Å²) < 4.78 is 29.1. The summed E-state index contributed by atoms with van der Waals surface area (Å²) in [5, 5.41) is 9.28. The van der Waals surface area contributed by atoms with E-state index in [9.17, 15) is 18.8 Å². The van der Waals surface area contributed by atoms with E-state index in [2.05, 4.69) is 4.57 Å². The summed E-state index contributed by atoms with van der Waals surface area (Å²) in [6.45, 7) is -0.298. The number of hydroxylamine groups is 1. The van der Waals surface area contributed by atoms with Crippen molar-refractivity contribution in [1.82, 2.24) is 15.0 Å². The van der Waals surface area contributed by atoms with Gasteiger partial charge in [-0.1, -0.05) is 56.0 Å². The van der Waals surface area contributed by atoms with Gasteiger partial charge in [-0.05, 0) is 71.4 Å². The molecule has 0 bridgehead atoms. The molecule has 2 N–H and O–H groups in total. The topological polar surface area (TPSA) is 67.2 Å². The Balaban J connectivity index is 1.35. The molecule has 5 nitrogen and oxygen atoms in total. The molecule has 200 valence electrons. The minimum absolute atomic E-state index is 0.0338. The standard InChI is InChI=1S/C31H35F2N3O2/c32-17-21-11-22(18-33)14-25(13-21)23-5-7-24(8-6-23)29-27-16-31(9-10-31)19-36(27)30(34-29)26(15-28(37)35-38)12-20-3-1-2-4-20/h5-8,11,13-14,20,26,38H,1-4,9-10,12,15-19H2,(H,35,37)/t26-/m1/s1. The Labute approximate surface area is 222 Å². The van der Waals surface area contributed by atoms with Crippen LogP contribution in [0.25, 0.3) is 22.4 Å². The Kier molecular flexibility index (Phi) is 6.81. The second-order valence-electron chi connectivity index (χ2n) is 11.7. The Morgan fingerprint density at radius 2 is 1.68 bits per heavy atom. The highest BCUT2D eigenvalue weighted by atomic mass is 19.1. The highest BCUT2D eigenvalue weighted by Crippen LogP contribution is 2.56. The first-order chi connectivity index (χ1) is 18.5. The lowest BCUT2D eigenvalue weighted by atomic mass is 9.90. The van der Waals surface area contributed by atoms with Crippen molar-refractivity contribution in [3.8, 4) is 22.4 Å². The van der Waals surface area contributed by atoms with Gasteiger partial charge in [0, 0.05) is 30.1 Å². The van der Waals surface area contributed by atoms with Gasteiger partial charge in [0.05, 0.1) is 5.69 Å². The lowest BCUT2D eigenvalue weighted by Crippen LogP contribution is -2.24. The normalized spacial score (nSPS) is 18.6. The van der Waals surface area contributed by atoms with Gasteiger partial charge >= 0.3 is 0 Å². The van der Waals surface area contributed by atoms with E-state index in [0.29, 0.717) is 22.5 Å². The first kappa shape index (κ1) is 25.2. The number of amides is 1. The molecule has 0 saturated heterocycles. The van der Waals surface area contributed by atoms with Gasteiger partial charge in [0.1, 0.15) is 19.2 Å². The van der Waals surface area contributed by atoms with E-state index < -0.39 is 13.3 Å². The van der Waals surface area contributed by atoms with Gasteiger partial charge in [0.2, 0.25) is 5.91 Å². The summed E-state index contributed by atoms with van der Waals surface area (Å²) in [7, 11) is 0. The molecule has 7 heteroatoms. The van der Waals surface area contributed by atoms with Crippen molar-refractivity contribution in [2.24, 2.45) is 11.3 Å². The van der Waals surface area contributed by atoms with Crippen LogP contribution in [0.4, 0.5) is 8.78 Å². The molecule has 2 aliphatic carbocycles. The van der Waals surface area contributed by atoms with Gasteiger partial charge < -0.3 is 4.57 Å². The van der Waals surface area contributed by atoms with E-state index in [1.807, 2.05) is 29.7 Å².